The molecule has 1 unspecified atom stereocenters. The third-order valence-corrected chi connectivity index (χ3v) is 9.48. The quantitative estimate of drug-likeness (QED) is 0.229. The van der Waals surface area contributed by atoms with Crippen molar-refractivity contribution >= 4 is 55.1 Å². The van der Waals surface area contributed by atoms with Crippen molar-refractivity contribution in [2.75, 3.05) is 17.1 Å². The predicted octanol–water partition coefficient (Wildman–Crippen LogP) is 6.35. The lowest BCUT2D eigenvalue weighted by Crippen LogP contribution is -2.52. The molecule has 0 spiro atoms. The van der Waals surface area contributed by atoms with Gasteiger partial charge in [-0.05, 0) is 66.8 Å². The first kappa shape index (κ1) is 32.0. The molecule has 1 saturated carbocycles. The Bertz CT molecular complexity index is 1430. The Labute approximate surface area is 262 Å². The van der Waals surface area contributed by atoms with Crippen LogP contribution in [0.1, 0.15) is 49.7 Å². The molecule has 1 fully saturated rings. The lowest BCUT2D eigenvalue weighted by Gasteiger charge is -2.33. The van der Waals surface area contributed by atoms with Crippen LogP contribution < -0.4 is 9.62 Å². The maximum absolute atomic E-state index is 14.0. The highest BCUT2D eigenvalue weighted by molar-refractivity contribution is 9.10. The summed E-state index contributed by atoms with van der Waals surface area (Å²) in [5, 5.41) is 3.72. The fourth-order valence-corrected chi connectivity index (χ4v) is 6.67. The van der Waals surface area contributed by atoms with Crippen LogP contribution in [0, 0.1) is 0 Å². The molecule has 3 aromatic carbocycles. The number of hydrogen-bond acceptors (Lipinski definition) is 4. The van der Waals surface area contributed by atoms with Gasteiger partial charge in [-0.25, -0.2) is 8.42 Å². The lowest BCUT2D eigenvalue weighted by molar-refractivity contribution is -0.141. The van der Waals surface area contributed by atoms with Gasteiger partial charge in [0, 0.05) is 41.5 Å². The first-order valence-corrected chi connectivity index (χ1v) is 17.2. The number of benzene rings is 3. The molecule has 1 N–H and O–H groups in total. The van der Waals surface area contributed by atoms with Gasteiger partial charge in [-0.15, -0.1) is 0 Å². The smallest absolute Gasteiger partial charge is 0.243 e. The van der Waals surface area contributed by atoms with E-state index >= 15 is 0 Å². The van der Waals surface area contributed by atoms with Crippen LogP contribution in [-0.2, 0) is 32.6 Å². The van der Waals surface area contributed by atoms with Gasteiger partial charge >= 0.3 is 0 Å². The van der Waals surface area contributed by atoms with Crippen molar-refractivity contribution in [3.63, 3.8) is 0 Å². The zero-order valence-corrected chi connectivity index (χ0v) is 26.9. The van der Waals surface area contributed by atoms with Gasteiger partial charge in [-0.3, -0.25) is 13.9 Å². The fraction of sp³-hybridized carbons (Fsp3) is 0.375. The molecular weight excluding hydrogens is 638 g/mol. The van der Waals surface area contributed by atoms with E-state index < -0.39 is 16.1 Å². The highest BCUT2D eigenvalue weighted by Gasteiger charge is 2.32. The molecule has 0 aliphatic heterocycles. The van der Waals surface area contributed by atoms with Gasteiger partial charge < -0.3 is 10.2 Å². The van der Waals surface area contributed by atoms with E-state index in [-0.39, 0.29) is 43.8 Å². The van der Waals surface area contributed by atoms with E-state index in [2.05, 4.69) is 21.2 Å². The maximum atomic E-state index is 14.0. The zero-order valence-electron chi connectivity index (χ0n) is 23.7. The third-order valence-electron chi connectivity index (χ3n) is 7.51. The van der Waals surface area contributed by atoms with Crippen molar-refractivity contribution in [2.45, 2.75) is 63.6 Å². The summed E-state index contributed by atoms with van der Waals surface area (Å²) < 4.78 is 27.4. The number of halogens is 2. The number of sulfonamides is 1. The molecule has 1 atom stereocenters. The van der Waals surface area contributed by atoms with Crippen molar-refractivity contribution in [3.8, 4) is 0 Å². The van der Waals surface area contributed by atoms with Crippen LogP contribution in [0.15, 0.2) is 83.3 Å². The minimum absolute atomic E-state index is 0.0815. The summed E-state index contributed by atoms with van der Waals surface area (Å²) in [6.45, 7) is 0.380. The second-order valence-electron chi connectivity index (χ2n) is 10.8. The van der Waals surface area contributed by atoms with Crippen LogP contribution in [0.2, 0.25) is 5.02 Å². The zero-order chi connectivity index (χ0) is 30.1. The van der Waals surface area contributed by atoms with E-state index in [4.69, 9.17) is 11.6 Å². The molecule has 2 amide bonds. The number of nitrogens with zero attached hydrogens (tertiary/aromatic N) is 2. The van der Waals surface area contributed by atoms with Crippen molar-refractivity contribution < 1.29 is 18.0 Å². The number of carbonyl (C=O) groups excluding carboxylic acids is 2. The minimum Gasteiger partial charge on any atom is -0.352 e. The Balaban J connectivity index is 1.57. The molecule has 0 saturated heterocycles. The Kier molecular flexibility index (Phi) is 11.5. The largest absolute Gasteiger partial charge is 0.352 e. The van der Waals surface area contributed by atoms with E-state index in [0.717, 1.165) is 47.5 Å². The van der Waals surface area contributed by atoms with E-state index in [1.54, 1.807) is 29.2 Å². The molecule has 4 rings (SSSR count). The van der Waals surface area contributed by atoms with Gasteiger partial charge in [0.15, 0.2) is 0 Å². The molecule has 3 aromatic rings. The lowest BCUT2D eigenvalue weighted by atomic mass is 10.0. The summed E-state index contributed by atoms with van der Waals surface area (Å²) in [6, 6.07) is 23.4. The topological polar surface area (TPSA) is 86.8 Å². The molecular formula is C32H37BrClN3O4S. The van der Waals surface area contributed by atoms with E-state index in [0.29, 0.717) is 17.1 Å². The molecule has 1 aliphatic carbocycles. The number of hydrogen-bond donors (Lipinski definition) is 1. The molecule has 0 heterocycles. The molecule has 0 aromatic heterocycles. The molecule has 0 radical (unpaired) electrons. The number of nitrogens with one attached hydrogen (secondary N) is 1. The highest BCUT2D eigenvalue weighted by Crippen LogP contribution is 2.23. The average molecular weight is 675 g/mol. The number of anilines is 1. The number of amides is 2. The number of carbonyl (C=O) groups is 2. The Morgan fingerprint density at radius 2 is 1.60 bits per heavy atom. The molecule has 1 aliphatic rings. The van der Waals surface area contributed by atoms with E-state index in [1.165, 1.54) is 4.31 Å². The minimum atomic E-state index is -3.59. The number of rotatable bonds is 13. The first-order chi connectivity index (χ1) is 20.1. The summed E-state index contributed by atoms with van der Waals surface area (Å²) in [6.07, 6.45) is 5.94. The highest BCUT2D eigenvalue weighted by atomic mass is 79.9. The summed E-state index contributed by atoms with van der Waals surface area (Å²) >= 11 is 9.47. The Hall–Kier alpha value is -2.88. The summed E-state index contributed by atoms with van der Waals surface area (Å²) in [7, 11) is -3.59. The van der Waals surface area contributed by atoms with Crippen molar-refractivity contribution in [3.05, 3.63) is 99.5 Å². The van der Waals surface area contributed by atoms with Crippen LogP contribution >= 0.6 is 27.5 Å². The van der Waals surface area contributed by atoms with Gasteiger partial charge in [-0.1, -0.05) is 82.8 Å². The second-order valence-corrected chi connectivity index (χ2v) is 14.0. The standard InChI is InChI=1S/C32H37BrClN3O4S/c1-42(40,41)37(29-19-17-27(34)18-20-29)21-7-12-31(38)36(23-25-13-15-26(33)16-14-25)30(22-24-8-3-2-4-9-24)32(39)35-28-10-5-6-11-28/h2-4,8-9,13-20,28,30H,5-7,10-12,21-23H2,1H3,(H,35,39). The Morgan fingerprint density at radius 1 is 0.952 bits per heavy atom. The van der Waals surface area contributed by atoms with Crippen LogP contribution in [0.4, 0.5) is 5.69 Å². The van der Waals surface area contributed by atoms with E-state index in [1.807, 2.05) is 54.6 Å². The summed E-state index contributed by atoms with van der Waals surface area (Å²) in [5.41, 5.74) is 2.35. The average Bonchev–Trinajstić information content (AvgIpc) is 3.47. The summed E-state index contributed by atoms with van der Waals surface area (Å²) in [5.74, 6) is -0.361. The third kappa shape index (κ3) is 9.31. The second kappa shape index (κ2) is 15.0. The van der Waals surface area contributed by atoms with Crippen LogP contribution in [-0.4, -0.2) is 50.0 Å². The normalized spacial score (nSPS) is 14.4. The van der Waals surface area contributed by atoms with Crippen molar-refractivity contribution in [2.24, 2.45) is 0 Å². The predicted molar refractivity (Wildman–Crippen MR) is 172 cm³/mol. The van der Waals surface area contributed by atoms with Crippen molar-refractivity contribution in [1.82, 2.24) is 10.2 Å². The fourth-order valence-electron chi connectivity index (χ4n) is 5.32. The Morgan fingerprint density at radius 3 is 2.21 bits per heavy atom. The van der Waals surface area contributed by atoms with Gasteiger partial charge in [0.2, 0.25) is 21.8 Å². The van der Waals surface area contributed by atoms with Crippen molar-refractivity contribution in [1.29, 1.82) is 0 Å². The molecule has 10 heteroatoms. The SMILES string of the molecule is CS(=O)(=O)N(CCCC(=O)N(Cc1ccc(Br)cc1)C(Cc1ccccc1)C(=O)NC1CCCC1)c1ccc(Cl)cc1. The summed E-state index contributed by atoms with van der Waals surface area (Å²) in [4.78, 5) is 29.4. The van der Waals surface area contributed by atoms with Gasteiger partial charge in [0.25, 0.3) is 0 Å². The van der Waals surface area contributed by atoms with E-state index in [9.17, 15) is 18.0 Å². The maximum Gasteiger partial charge on any atom is 0.243 e. The van der Waals surface area contributed by atoms with Crippen LogP contribution in [0.25, 0.3) is 0 Å². The first-order valence-electron chi connectivity index (χ1n) is 14.2. The van der Waals surface area contributed by atoms with Crippen LogP contribution in [0.5, 0.6) is 0 Å². The van der Waals surface area contributed by atoms with Crippen LogP contribution in [0.3, 0.4) is 0 Å². The van der Waals surface area contributed by atoms with Gasteiger partial charge in [-0.2, -0.15) is 0 Å². The molecule has 42 heavy (non-hydrogen) atoms. The van der Waals surface area contributed by atoms with Gasteiger partial charge in [0.05, 0.1) is 11.9 Å². The molecule has 7 nitrogen and oxygen atoms in total. The van der Waals surface area contributed by atoms with Gasteiger partial charge in [0.1, 0.15) is 6.04 Å². The molecule has 224 valence electrons. The molecule has 0 bridgehead atoms. The monoisotopic (exact) mass is 673 g/mol.